The molecule has 32 heavy (non-hydrogen) atoms. The van der Waals surface area contributed by atoms with Gasteiger partial charge in [0.2, 0.25) is 5.44 Å². The Morgan fingerprint density at radius 2 is 1.41 bits per heavy atom. The van der Waals surface area contributed by atoms with E-state index in [-0.39, 0.29) is 11.6 Å². The van der Waals surface area contributed by atoms with Crippen LogP contribution < -0.4 is 10.4 Å². The van der Waals surface area contributed by atoms with Crippen molar-refractivity contribution in [2.24, 2.45) is 0 Å². The van der Waals surface area contributed by atoms with Crippen LogP contribution >= 0.6 is 11.8 Å². The SMILES string of the molecule is CC(=O)OC1OC(CO[Si](c2ccccc2)(c2ccccc2)C(C)(C)C)SC1OC(C)=O. The monoisotopic (exact) mass is 474 g/mol. The van der Waals surface area contributed by atoms with Gasteiger partial charge in [-0.25, -0.2) is 0 Å². The third kappa shape index (κ3) is 5.43. The molecule has 1 fully saturated rings. The summed E-state index contributed by atoms with van der Waals surface area (Å²) in [4.78, 5) is 23.0. The lowest BCUT2D eigenvalue weighted by atomic mass is 10.2. The van der Waals surface area contributed by atoms with Crippen LogP contribution in [-0.4, -0.2) is 44.0 Å². The van der Waals surface area contributed by atoms with Gasteiger partial charge in [-0.3, -0.25) is 9.59 Å². The number of hydrogen-bond donors (Lipinski definition) is 0. The number of ether oxygens (including phenoxy) is 3. The molecular weight excluding hydrogens is 444 g/mol. The van der Waals surface area contributed by atoms with Crippen molar-refractivity contribution < 1.29 is 28.2 Å². The van der Waals surface area contributed by atoms with Crippen LogP contribution in [0.15, 0.2) is 60.7 Å². The van der Waals surface area contributed by atoms with Gasteiger partial charge in [0.05, 0.1) is 6.61 Å². The topological polar surface area (TPSA) is 71.1 Å². The van der Waals surface area contributed by atoms with E-state index in [0.717, 1.165) is 10.4 Å². The van der Waals surface area contributed by atoms with E-state index in [1.807, 2.05) is 36.4 Å². The van der Waals surface area contributed by atoms with Gasteiger partial charge in [0.25, 0.3) is 14.6 Å². The van der Waals surface area contributed by atoms with Crippen LogP contribution in [0.5, 0.6) is 0 Å². The molecule has 0 aromatic heterocycles. The van der Waals surface area contributed by atoms with Crippen LogP contribution in [0.25, 0.3) is 0 Å². The van der Waals surface area contributed by atoms with Crippen molar-refractivity contribution in [3.63, 3.8) is 0 Å². The second kappa shape index (κ2) is 10.2. The molecule has 0 spiro atoms. The third-order valence-electron chi connectivity index (χ3n) is 5.21. The van der Waals surface area contributed by atoms with Gasteiger partial charge in [0.1, 0.15) is 5.44 Å². The van der Waals surface area contributed by atoms with E-state index in [1.165, 1.54) is 25.6 Å². The Hall–Kier alpha value is -2.13. The molecule has 1 saturated heterocycles. The molecule has 0 aliphatic carbocycles. The number of benzene rings is 2. The molecule has 8 heteroatoms. The Bertz CT molecular complexity index is 852. The van der Waals surface area contributed by atoms with Crippen molar-refractivity contribution >= 4 is 42.4 Å². The zero-order valence-electron chi connectivity index (χ0n) is 19.1. The summed E-state index contributed by atoms with van der Waals surface area (Å²) in [5.74, 6) is -0.960. The largest absolute Gasteiger partial charge is 0.445 e. The molecule has 1 aliphatic heterocycles. The number of carbonyl (C=O) groups is 2. The van der Waals surface area contributed by atoms with Crippen molar-refractivity contribution in [1.29, 1.82) is 0 Å². The molecule has 0 N–H and O–H groups in total. The Labute approximate surface area is 194 Å². The minimum absolute atomic E-state index is 0.177. The van der Waals surface area contributed by atoms with Gasteiger partial charge in [-0.15, -0.1) is 0 Å². The summed E-state index contributed by atoms with van der Waals surface area (Å²) < 4.78 is 23.3. The zero-order valence-corrected chi connectivity index (χ0v) is 20.9. The maximum absolute atomic E-state index is 11.5. The molecule has 0 radical (unpaired) electrons. The summed E-state index contributed by atoms with van der Waals surface area (Å²) in [6.45, 7) is 9.47. The molecule has 2 aromatic rings. The van der Waals surface area contributed by atoms with Crippen molar-refractivity contribution in [1.82, 2.24) is 0 Å². The fourth-order valence-corrected chi connectivity index (χ4v) is 9.72. The first kappa shape index (κ1) is 24.5. The van der Waals surface area contributed by atoms with Crippen LogP contribution in [0.2, 0.25) is 5.04 Å². The summed E-state index contributed by atoms with van der Waals surface area (Å²) in [6, 6.07) is 20.6. The first-order chi connectivity index (χ1) is 15.1. The first-order valence-electron chi connectivity index (χ1n) is 10.5. The number of rotatable bonds is 7. The smallest absolute Gasteiger partial charge is 0.305 e. The molecule has 3 rings (SSSR count). The highest BCUT2D eigenvalue weighted by Crippen LogP contribution is 2.39. The molecular formula is C24H30O6SSi. The van der Waals surface area contributed by atoms with Crippen LogP contribution in [0.4, 0.5) is 0 Å². The predicted octanol–water partition coefficient (Wildman–Crippen LogP) is 3.43. The standard InChI is InChI=1S/C24H30O6SSi/c1-17(25)28-22-23(29-18(2)26)31-21(30-22)16-27-32(24(3,4)5,19-12-8-6-9-13-19)20-14-10-7-11-15-20/h6-15,21-23H,16H2,1-5H3. The van der Waals surface area contributed by atoms with E-state index in [4.69, 9.17) is 18.6 Å². The lowest BCUT2D eigenvalue weighted by Gasteiger charge is -2.43. The quantitative estimate of drug-likeness (QED) is 0.450. The molecule has 0 amide bonds. The number of carbonyl (C=O) groups excluding carboxylic acids is 2. The van der Waals surface area contributed by atoms with E-state index < -0.39 is 37.4 Å². The van der Waals surface area contributed by atoms with Crippen molar-refractivity contribution in [3.05, 3.63) is 60.7 Å². The normalized spacial score (nSPS) is 21.2. The van der Waals surface area contributed by atoms with Crippen LogP contribution in [0.1, 0.15) is 34.6 Å². The van der Waals surface area contributed by atoms with Crippen LogP contribution in [0, 0.1) is 0 Å². The Morgan fingerprint density at radius 3 is 1.84 bits per heavy atom. The molecule has 0 saturated carbocycles. The summed E-state index contributed by atoms with van der Waals surface area (Å²) >= 11 is 1.29. The maximum Gasteiger partial charge on any atom is 0.305 e. The fourth-order valence-electron chi connectivity index (χ4n) is 3.99. The molecule has 172 valence electrons. The minimum Gasteiger partial charge on any atom is -0.445 e. The molecule has 1 aliphatic rings. The highest BCUT2D eigenvalue weighted by atomic mass is 32.2. The molecule has 6 nitrogen and oxygen atoms in total. The van der Waals surface area contributed by atoms with E-state index in [9.17, 15) is 9.59 Å². The van der Waals surface area contributed by atoms with Crippen molar-refractivity contribution in [2.45, 2.75) is 56.8 Å². The summed E-state index contributed by atoms with van der Waals surface area (Å²) in [5.41, 5.74) is -1.19. The second-order valence-corrected chi connectivity index (χ2v) is 14.2. The maximum atomic E-state index is 11.5. The van der Waals surface area contributed by atoms with Gasteiger partial charge in [0, 0.05) is 13.8 Å². The van der Waals surface area contributed by atoms with Gasteiger partial charge in [-0.1, -0.05) is 93.2 Å². The first-order valence-corrected chi connectivity index (χ1v) is 13.4. The number of esters is 2. The van der Waals surface area contributed by atoms with E-state index in [1.54, 1.807) is 0 Å². The van der Waals surface area contributed by atoms with Crippen LogP contribution in [-0.2, 0) is 28.2 Å². The fraction of sp³-hybridized carbons (Fsp3) is 0.417. The Balaban J connectivity index is 1.91. The van der Waals surface area contributed by atoms with E-state index in [2.05, 4.69) is 45.0 Å². The van der Waals surface area contributed by atoms with Gasteiger partial charge in [0.15, 0.2) is 0 Å². The van der Waals surface area contributed by atoms with Gasteiger partial charge in [-0.2, -0.15) is 0 Å². The predicted molar refractivity (Wildman–Crippen MR) is 127 cm³/mol. The summed E-state index contributed by atoms with van der Waals surface area (Å²) in [5, 5.41) is 2.15. The minimum atomic E-state index is -2.73. The zero-order chi connectivity index (χ0) is 23.4. The average Bonchev–Trinajstić information content (AvgIpc) is 3.09. The summed E-state index contributed by atoms with van der Waals surface area (Å²) in [6.07, 6.45) is -0.964. The molecule has 2 aromatic carbocycles. The van der Waals surface area contributed by atoms with E-state index >= 15 is 0 Å². The lowest BCUT2D eigenvalue weighted by molar-refractivity contribution is -0.194. The van der Waals surface area contributed by atoms with Gasteiger partial charge >= 0.3 is 11.9 Å². The molecule has 3 atom stereocenters. The molecule has 1 heterocycles. The molecule has 0 bridgehead atoms. The number of thioether (sulfide) groups is 1. The van der Waals surface area contributed by atoms with Crippen molar-refractivity contribution in [3.8, 4) is 0 Å². The lowest BCUT2D eigenvalue weighted by Crippen LogP contribution is -2.67. The Kier molecular flexibility index (Phi) is 7.82. The summed E-state index contributed by atoms with van der Waals surface area (Å²) in [7, 11) is -2.73. The second-order valence-electron chi connectivity index (χ2n) is 8.63. The highest BCUT2D eigenvalue weighted by Gasteiger charge is 2.51. The van der Waals surface area contributed by atoms with Crippen LogP contribution in [0.3, 0.4) is 0 Å². The molecule has 3 unspecified atom stereocenters. The van der Waals surface area contributed by atoms with Crippen molar-refractivity contribution in [2.75, 3.05) is 6.61 Å². The van der Waals surface area contributed by atoms with E-state index in [0.29, 0.717) is 0 Å². The van der Waals surface area contributed by atoms with Gasteiger partial charge in [-0.05, 0) is 15.4 Å². The Morgan fingerprint density at radius 1 is 0.906 bits per heavy atom. The third-order valence-corrected chi connectivity index (χ3v) is 11.4. The number of hydrogen-bond acceptors (Lipinski definition) is 7. The highest BCUT2D eigenvalue weighted by molar-refractivity contribution is 8.00. The average molecular weight is 475 g/mol. The van der Waals surface area contributed by atoms with Gasteiger partial charge < -0.3 is 18.6 Å².